The Balaban J connectivity index is 2.45. The molecule has 1 aromatic heterocycles. The summed E-state index contributed by atoms with van der Waals surface area (Å²) in [5.41, 5.74) is -0.0463. The predicted molar refractivity (Wildman–Crippen MR) is 89.4 cm³/mol. The van der Waals surface area contributed by atoms with E-state index in [2.05, 4.69) is 10.3 Å². The summed E-state index contributed by atoms with van der Waals surface area (Å²) in [4.78, 5) is 26.9. The molecule has 1 aromatic carbocycles. The van der Waals surface area contributed by atoms with Crippen LogP contribution in [0.4, 0.5) is 13.2 Å². The van der Waals surface area contributed by atoms with Crippen molar-refractivity contribution in [2.75, 3.05) is 6.61 Å². The highest BCUT2D eigenvalue weighted by Gasteiger charge is 2.31. The van der Waals surface area contributed by atoms with E-state index >= 15 is 0 Å². The van der Waals surface area contributed by atoms with Crippen molar-refractivity contribution in [2.45, 2.75) is 26.6 Å². The van der Waals surface area contributed by atoms with Crippen molar-refractivity contribution < 1.29 is 32.2 Å². The van der Waals surface area contributed by atoms with Crippen LogP contribution < -0.4 is 10.1 Å². The van der Waals surface area contributed by atoms with E-state index in [1.54, 1.807) is 13.8 Å². The Morgan fingerprint density at radius 1 is 1.33 bits per heavy atom. The number of hydrogen-bond donors (Lipinski definition) is 1. The molecule has 0 aliphatic rings. The quantitative estimate of drug-likeness (QED) is 0.585. The Bertz CT molecular complexity index is 838. The number of nitrogens with one attached hydrogen (secondary N) is 1. The Morgan fingerprint density at radius 2 is 2.07 bits per heavy atom. The molecule has 0 bridgehead atoms. The van der Waals surface area contributed by atoms with Gasteiger partial charge >= 0.3 is 12.1 Å². The number of hydrogen-bond acceptors (Lipinski definition) is 5. The van der Waals surface area contributed by atoms with Gasteiger partial charge in [0, 0.05) is 0 Å². The van der Waals surface area contributed by atoms with E-state index in [9.17, 15) is 22.8 Å². The number of nitrogens with zero attached hydrogens (tertiary/aromatic N) is 1. The topological polar surface area (TPSA) is 77.5 Å². The first-order chi connectivity index (χ1) is 12.8. The van der Waals surface area contributed by atoms with Crippen LogP contribution >= 0.6 is 0 Å². The van der Waals surface area contributed by atoms with Gasteiger partial charge in [-0.25, -0.2) is 4.79 Å². The number of carbonyl (C=O) groups is 2. The van der Waals surface area contributed by atoms with E-state index < -0.39 is 17.7 Å². The Kier molecular flexibility index (Phi) is 6.38. The van der Waals surface area contributed by atoms with Crippen LogP contribution in [0.15, 0.2) is 30.5 Å². The van der Waals surface area contributed by atoms with Crippen LogP contribution in [0.5, 0.6) is 11.5 Å². The molecule has 0 saturated heterocycles. The summed E-state index contributed by atoms with van der Waals surface area (Å²) in [6.45, 7) is 3.38. The standard InChI is InChI=1S/C18H17F3N2O4/c1-3-26-17(25)16-11(2)14(8-22-10-24)23-9-15(16)27-13-6-4-5-12(7-13)18(19,20)21/h4-7,9-10H,3,8H2,1-2H3,(H,22,24). The Labute approximate surface area is 153 Å². The largest absolute Gasteiger partial charge is 0.462 e. The molecule has 1 N–H and O–H groups in total. The SMILES string of the molecule is CCOC(=O)c1c(Oc2cccc(C(F)(F)F)c2)cnc(CNC=O)c1C. The fraction of sp³-hybridized carbons (Fsp3) is 0.278. The third-order valence-corrected chi connectivity index (χ3v) is 3.61. The van der Waals surface area contributed by atoms with Crippen molar-refractivity contribution in [1.82, 2.24) is 10.3 Å². The molecule has 0 fully saturated rings. The van der Waals surface area contributed by atoms with Gasteiger partial charge in [0.05, 0.1) is 30.6 Å². The molecule has 2 rings (SSSR count). The molecule has 1 heterocycles. The highest BCUT2D eigenvalue weighted by Crippen LogP contribution is 2.34. The second-order valence-corrected chi connectivity index (χ2v) is 5.42. The summed E-state index contributed by atoms with van der Waals surface area (Å²) in [5, 5.41) is 2.44. The number of halogens is 3. The number of ether oxygens (including phenoxy) is 2. The number of esters is 1. The zero-order valence-electron chi connectivity index (χ0n) is 14.6. The summed E-state index contributed by atoms with van der Waals surface area (Å²) in [5.74, 6) is -0.845. The number of carbonyl (C=O) groups excluding carboxylic acids is 2. The lowest BCUT2D eigenvalue weighted by atomic mass is 10.1. The molecule has 0 unspecified atom stereocenters. The molecule has 6 nitrogen and oxygen atoms in total. The van der Waals surface area contributed by atoms with Crippen molar-refractivity contribution in [3.05, 3.63) is 52.8 Å². The zero-order chi connectivity index (χ0) is 20.0. The molecule has 0 atom stereocenters. The summed E-state index contributed by atoms with van der Waals surface area (Å²) >= 11 is 0. The zero-order valence-corrected chi connectivity index (χ0v) is 14.6. The second kappa shape index (κ2) is 8.52. The maximum Gasteiger partial charge on any atom is 0.416 e. The molecule has 0 saturated carbocycles. The maximum atomic E-state index is 12.9. The lowest BCUT2D eigenvalue weighted by Crippen LogP contribution is -2.16. The number of rotatable bonds is 7. The molecule has 0 radical (unpaired) electrons. The van der Waals surface area contributed by atoms with Crippen LogP contribution in [0.1, 0.15) is 34.1 Å². The third-order valence-electron chi connectivity index (χ3n) is 3.61. The monoisotopic (exact) mass is 382 g/mol. The van der Waals surface area contributed by atoms with Gasteiger partial charge < -0.3 is 14.8 Å². The van der Waals surface area contributed by atoms with Crippen LogP contribution in [-0.4, -0.2) is 24.0 Å². The molecular weight excluding hydrogens is 365 g/mol. The van der Waals surface area contributed by atoms with Crippen molar-refractivity contribution in [2.24, 2.45) is 0 Å². The molecule has 1 amide bonds. The fourth-order valence-corrected chi connectivity index (χ4v) is 2.34. The average Bonchev–Trinajstić information content (AvgIpc) is 2.61. The molecule has 0 spiro atoms. The fourth-order valence-electron chi connectivity index (χ4n) is 2.34. The van der Waals surface area contributed by atoms with Gasteiger partial charge in [-0.2, -0.15) is 13.2 Å². The number of aromatic nitrogens is 1. The van der Waals surface area contributed by atoms with Gasteiger partial charge in [0.15, 0.2) is 5.75 Å². The molecule has 144 valence electrons. The first-order valence-corrected chi connectivity index (χ1v) is 7.95. The molecule has 0 aliphatic heterocycles. The van der Waals surface area contributed by atoms with Crippen molar-refractivity contribution in [1.29, 1.82) is 0 Å². The minimum absolute atomic E-state index is 0.0342. The number of amides is 1. The first-order valence-electron chi connectivity index (χ1n) is 7.95. The summed E-state index contributed by atoms with van der Waals surface area (Å²) < 4.78 is 49.1. The Morgan fingerprint density at radius 3 is 2.70 bits per heavy atom. The molecule has 9 heteroatoms. The minimum atomic E-state index is -4.53. The lowest BCUT2D eigenvalue weighted by molar-refractivity contribution is -0.137. The highest BCUT2D eigenvalue weighted by atomic mass is 19.4. The lowest BCUT2D eigenvalue weighted by Gasteiger charge is -2.16. The van der Waals surface area contributed by atoms with E-state index in [-0.39, 0.29) is 30.2 Å². The van der Waals surface area contributed by atoms with Gasteiger partial charge in [-0.3, -0.25) is 9.78 Å². The summed E-state index contributed by atoms with van der Waals surface area (Å²) in [6, 6.07) is 4.27. The van der Waals surface area contributed by atoms with Crippen LogP contribution in [0.2, 0.25) is 0 Å². The van der Waals surface area contributed by atoms with E-state index in [0.717, 1.165) is 12.1 Å². The van der Waals surface area contributed by atoms with Gasteiger partial charge in [0.1, 0.15) is 11.3 Å². The number of benzene rings is 1. The normalized spacial score (nSPS) is 11.0. The van der Waals surface area contributed by atoms with Crippen LogP contribution in [0.3, 0.4) is 0 Å². The van der Waals surface area contributed by atoms with Crippen molar-refractivity contribution in [3.63, 3.8) is 0 Å². The summed E-state index contributed by atoms with van der Waals surface area (Å²) in [7, 11) is 0. The number of pyridine rings is 1. The summed E-state index contributed by atoms with van der Waals surface area (Å²) in [6.07, 6.45) is -2.83. The maximum absolute atomic E-state index is 12.9. The van der Waals surface area contributed by atoms with E-state index in [1.165, 1.54) is 18.3 Å². The smallest absolute Gasteiger partial charge is 0.416 e. The Hall–Kier alpha value is -3.10. The van der Waals surface area contributed by atoms with E-state index in [4.69, 9.17) is 9.47 Å². The van der Waals surface area contributed by atoms with Crippen LogP contribution in [0, 0.1) is 6.92 Å². The van der Waals surface area contributed by atoms with Gasteiger partial charge in [0.25, 0.3) is 0 Å². The third kappa shape index (κ3) is 4.96. The molecular formula is C18H17F3N2O4. The van der Waals surface area contributed by atoms with Crippen molar-refractivity contribution in [3.8, 4) is 11.5 Å². The molecule has 0 aliphatic carbocycles. The molecule has 2 aromatic rings. The van der Waals surface area contributed by atoms with Crippen LogP contribution in [-0.2, 0) is 22.3 Å². The van der Waals surface area contributed by atoms with E-state index in [1.807, 2.05) is 0 Å². The predicted octanol–water partition coefficient (Wildman–Crippen LogP) is 3.62. The minimum Gasteiger partial charge on any atom is -0.462 e. The number of alkyl halides is 3. The van der Waals surface area contributed by atoms with Crippen molar-refractivity contribution >= 4 is 12.4 Å². The van der Waals surface area contributed by atoms with Gasteiger partial charge in [-0.1, -0.05) is 6.07 Å². The average molecular weight is 382 g/mol. The van der Waals surface area contributed by atoms with Gasteiger partial charge in [-0.05, 0) is 37.6 Å². The second-order valence-electron chi connectivity index (χ2n) is 5.42. The first kappa shape index (κ1) is 20.2. The highest BCUT2D eigenvalue weighted by molar-refractivity contribution is 5.94. The van der Waals surface area contributed by atoms with Gasteiger partial charge in [-0.15, -0.1) is 0 Å². The van der Waals surface area contributed by atoms with E-state index in [0.29, 0.717) is 17.7 Å². The van der Waals surface area contributed by atoms with Crippen LogP contribution in [0.25, 0.3) is 0 Å². The van der Waals surface area contributed by atoms with Gasteiger partial charge in [0.2, 0.25) is 6.41 Å². The molecule has 27 heavy (non-hydrogen) atoms.